The molecule has 0 atom stereocenters. The summed E-state index contributed by atoms with van der Waals surface area (Å²) in [5, 5.41) is 1.12. The number of nitrogens with two attached hydrogens (primary N) is 1. The molecule has 0 saturated heterocycles. The maximum absolute atomic E-state index is 14.6. The number of nitrogen functional groups attached to an aromatic ring is 1. The minimum absolute atomic E-state index is 0.273. The highest BCUT2D eigenvalue weighted by Crippen LogP contribution is 2.43. The molecule has 0 aliphatic rings. The van der Waals surface area contributed by atoms with Gasteiger partial charge in [0, 0.05) is 35.0 Å². The summed E-state index contributed by atoms with van der Waals surface area (Å²) < 4.78 is 20.4. The van der Waals surface area contributed by atoms with Crippen LogP contribution in [0.4, 0.5) is 10.1 Å². The van der Waals surface area contributed by atoms with Gasteiger partial charge in [-0.2, -0.15) is 0 Å². The molecule has 0 amide bonds. The van der Waals surface area contributed by atoms with E-state index < -0.39 is 5.82 Å². The molecule has 25 heavy (non-hydrogen) atoms. The molecule has 0 spiro atoms. The van der Waals surface area contributed by atoms with E-state index in [0.717, 1.165) is 0 Å². The Kier molecular flexibility index (Phi) is 3.86. The van der Waals surface area contributed by atoms with Gasteiger partial charge in [0.1, 0.15) is 11.4 Å². The molecule has 0 aliphatic heterocycles. The van der Waals surface area contributed by atoms with E-state index >= 15 is 0 Å². The zero-order valence-corrected chi connectivity index (χ0v) is 14.2. The maximum Gasteiger partial charge on any atom is 0.161 e. The number of hydrogen-bond acceptors (Lipinski definition) is 3. The lowest BCUT2D eigenvalue weighted by molar-refractivity contribution is 0.622. The Hall–Kier alpha value is -2.56. The van der Waals surface area contributed by atoms with E-state index in [1.54, 1.807) is 42.7 Å². The van der Waals surface area contributed by atoms with Gasteiger partial charge >= 0.3 is 0 Å². The SMILES string of the molecule is Nc1c(-c2c(Cl)[c]ccc2Cl)oc2cc(-c3cccnc3)c(F)cc12. The summed E-state index contributed by atoms with van der Waals surface area (Å²) >= 11 is 12.4. The molecule has 0 unspecified atom stereocenters. The largest absolute Gasteiger partial charge is 0.454 e. The van der Waals surface area contributed by atoms with Gasteiger partial charge in [0.2, 0.25) is 0 Å². The Labute approximate surface area is 152 Å². The van der Waals surface area contributed by atoms with Crippen molar-refractivity contribution >= 4 is 39.9 Å². The van der Waals surface area contributed by atoms with Crippen LogP contribution in [0.25, 0.3) is 33.4 Å². The van der Waals surface area contributed by atoms with Crippen molar-refractivity contribution in [2.45, 2.75) is 0 Å². The number of nitrogens with zero attached hydrogens (tertiary/aromatic N) is 1. The first-order valence-electron chi connectivity index (χ1n) is 7.34. The topological polar surface area (TPSA) is 52.0 Å². The van der Waals surface area contributed by atoms with Gasteiger partial charge in [0.05, 0.1) is 21.3 Å². The Bertz CT molecular complexity index is 1070. The Balaban J connectivity index is 1.97. The third-order valence-corrected chi connectivity index (χ3v) is 4.53. The molecule has 0 fully saturated rings. The quantitative estimate of drug-likeness (QED) is 0.470. The second kappa shape index (κ2) is 6.06. The van der Waals surface area contributed by atoms with Gasteiger partial charge in [-0.1, -0.05) is 35.3 Å². The van der Waals surface area contributed by atoms with Crippen molar-refractivity contribution in [2.75, 3.05) is 5.73 Å². The first kappa shape index (κ1) is 15.9. The molecular formula is C19H10Cl2FN2O. The van der Waals surface area contributed by atoms with E-state index in [0.29, 0.717) is 38.4 Å². The van der Waals surface area contributed by atoms with E-state index in [-0.39, 0.29) is 10.7 Å². The number of rotatable bonds is 2. The van der Waals surface area contributed by atoms with Crippen LogP contribution in [-0.2, 0) is 0 Å². The molecule has 2 aromatic carbocycles. The van der Waals surface area contributed by atoms with Gasteiger partial charge in [-0.05, 0) is 24.3 Å². The number of fused-ring (bicyclic) bond motifs is 1. The first-order chi connectivity index (χ1) is 12.1. The average molecular weight is 372 g/mol. The van der Waals surface area contributed by atoms with Gasteiger partial charge in [-0.3, -0.25) is 4.98 Å². The predicted molar refractivity (Wildman–Crippen MR) is 98.1 cm³/mol. The highest BCUT2D eigenvalue weighted by Gasteiger charge is 2.20. The van der Waals surface area contributed by atoms with Gasteiger partial charge in [0.15, 0.2) is 5.76 Å². The zero-order chi connectivity index (χ0) is 17.6. The van der Waals surface area contributed by atoms with Crippen molar-refractivity contribution < 1.29 is 8.81 Å². The van der Waals surface area contributed by atoms with Crippen LogP contribution in [0.2, 0.25) is 10.0 Å². The van der Waals surface area contributed by atoms with E-state index in [2.05, 4.69) is 11.1 Å². The van der Waals surface area contributed by atoms with E-state index in [1.807, 2.05) is 0 Å². The van der Waals surface area contributed by atoms with Crippen molar-refractivity contribution in [1.82, 2.24) is 4.98 Å². The highest BCUT2D eigenvalue weighted by molar-refractivity contribution is 6.39. The van der Waals surface area contributed by atoms with Crippen LogP contribution in [-0.4, -0.2) is 4.98 Å². The van der Waals surface area contributed by atoms with Crippen LogP contribution < -0.4 is 5.73 Å². The standard InChI is InChI=1S/C19H10Cl2FN2O/c20-13-4-1-5-14(21)17(13)19-18(23)12-7-15(22)11(8-16(12)25-19)10-3-2-6-24-9-10/h1-4,6-9H,23H2. The first-order valence-corrected chi connectivity index (χ1v) is 8.10. The lowest BCUT2D eigenvalue weighted by Gasteiger charge is -2.03. The molecule has 2 heterocycles. The molecule has 3 nitrogen and oxygen atoms in total. The summed E-state index contributed by atoms with van der Waals surface area (Å²) in [6.45, 7) is 0. The summed E-state index contributed by atoms with van der Waals surface area (Å²) in [7, 11) is 0. The molecule has 0 aliphatic carbocycles. The van der Waals surface area contributed by atoms with Gasteiger partial charge in [-0.15, -0.1) is 0 Å². The van der Waals surface area contributed by atoms with Crippen molar-refractivity contribution in [1.29, 1.82) is 0 Å². The monoisotopic (exact) mass is 371 g/mol. The third kappa shape index (κ3) is 2.64. The number of anilines is 1. The third-order valence-electron chi connectivity index (χ3n) is 3.91. The number of halogens is 3. The molecule has 2 aromatic heterocycles. The summed E-state index contributed by atoms with van der Waals surface area (Å²) in [4.78, 5) is 4.01. The maximum atomic E-state index is 14.6. The predicted octanol–water partition coefficient (Wildman–Crippen LogP) is 5.99. The fourth-order valence-electron chi connectivity index (χ4n) is 2.72. The van der Waals surface area contributed by atoms with E-state index in [9.17, 15) is 4.39 Å². The lowest BCUT2D eigenvalue weighted by atomic mass is 10.0. The van der Waals surface area contributed by atoms with Crippen molar-refractivity contribution in [3.05, 3.63) is 70.7 Å². The molecule has 4 rings (SSSR count). The number of furan rings is 1. The normalized spacial score (nSPS) is 11.2. The second-order valence-electron chi connectivity index (χ2n) is 5.43. The van der Waals surface area contributed by atoms with Crippen LogP contribution in [0.5, 0.6) is 0 Å². The van der Waals surface area contributed by atoms with E-state index in [4.69, 9.17) is 33.4 Å². The summed E-state index contributed by atoms with van der Waals surface area (Å²) in [5.41, 5.74) is 8.32. The number of aromatic nitrogens is 1. The van der Waals surface area contributed by atoms with Gasteiger partial charge in [-0.25, -0.2) is 4.39 Å². The molecule has 0 bridgehead atoms. The zero-order valence-electron chi connectivity index (χ0n) is 12.7. The molecule has 0 saturated carbocycles. The summed E-state index contributed by atoms with van der Waals surface area (Å²) in [6, 6.07) is 12.5. The van der Waals surface area contributed by atoms with Crippen LogP contribution in [0.15, 0.2) is 53.2 Å². The fourth-order valence-corrected chi connectivity index (χ4v) is 3.26. The average Bonchev–Trinajstić information content (AvgIpc) is 2.91. The number of hydrogen-bond donors (Lipinski definition) is 1. The van der Waals surface area contributed by atoms with Crippen LogP contribution in [0, 0.1) is 11.9 Å². The second-order valence-corrected chi connectivity index (χ2v) is 6.21. The van der Waals surface area contributed by atoms with Crippen molar-refractivity contribution in [3.63, 3.8) is 0 Å². The Morgan fingerprint density at radius 3 is 2.76 bits per heavy atom. The molecule has 6 heteroatoms. The molecule has 123 valence electrons. The molecule has 1 radical (unpaired) electrons. The minimum atomic E-state index is -0.420. The Morgan fingerprint density at radius 1 is 1.20 bits per heavy atom. The highest BCUT2D eigenvalue weighted by atomic mass is 35.5. The molecule has 4 aromatic rings. The van der Waals surface area contributed by atoms with Crippen LogP contribution >= 0.6 is 23.2 Å². The molecule has 2 N–H and O–H groups in total. The lowest BCUT2D eigenvalue weighted by Crippen LogP contribution is -1.89. The van der Waals surface area contributed by atoms with Crippen LogP contribution in [0.1, 0.15) is 0 Å². The molecular weight excluding hydrogens is 362 g/mol. The summed E-state index contributed by atoms with van der Waals surface area (Å²) in [6.07, 6.45) is 3.20. The van der Waals surface area contributed by atoms with Crippen molar-refractivity contribution in [2.24, 2.45) is 0 Å². The van der Waals surface area contributed by atoms with Gasteiger partial charge in [0.25, 0.3) is 0 Å². The number of pyridine rings is 1. The number of benzene rings is 2. The Morgan fingerprint density at radius 2 is 2.04 bits per heavy atom. The smallest absolute Gasteiger partial charge is 0.161 e. The summed E-state index contributed by atoms with van der Waals surface area (Å²) in [5.74, 6) is -0.124. The van der Waals surface area contributed by atoms with Crippen molar-refractivity contribution in [3.8, 4) is 22.5 Å². The fraction of sp³-hybridized carbons (Fsp3) is 0. The van der Waals surface area contributed by atoms with Crippen LogP contribution in [0.3, 0.4) is 0 Å². The van der Waals surface area contributed by atoms with Gasteiger partial charge < -0.3 is 10.2 Å². The van der Waals surface area contributed by atoms with E-state index in [1.165, 1.54) is 6.07 Å². The minimum Gasteiger partial charge on any atom is -0.454 e.